The SMILES string of the molecule is COC(=O)CC1CN(c2ccc(-c3cccc(C(F)(F)F)c3)cn2)C1. The van der Waals surface area contributed by atoms with Crippen LogP contribution in [0.1, 0.15) is 12.0 Å². The molecule has 25 heavy (non-hydrogen) atoms. The van der Waals surface area contributed by atoms with Gasteiger partial charge < -0.3 is 9.64 Å². The van der Waals surface area contributed by atoms with E-state index >= 15 is 0 Å². The van der Waals surface area contributed by atoms with Crippen molar-refractivity contribution in [1.82, 2.24) is 4.98 Å². The number of methoxy groups -OCH3 is 1. The number of anilines is 1. The van der Waals surface area contributed by atoms with E-state index in [1.54, 1.807) is 24.4 Å². The minimum Gasteiger partial charge on any atom is -0.469 e. The molecule has 1 aliphatic rings. The molecule has 7 heteroatoms. The predicted molar refractivity (Wildman–Crippen MR) is 87.0 cm³/mol. The normalized spacial score (nSPS) is 15.0. The first-order chi connectivity index (χ1) is 11.9. The van der Waals surface area contributed by atoms with Gasteiger partial charge in [0, 0.05) is 30.8 Å². The number of halogens is 3. The highest BCUT2D eigenvalue weighted by atomic mass is 19.4. The van der Waals surface area contributed by atoms with E-state index in [4.69, 9.17) is 0 Å². The molecule has 2 aromatic rings. The lowest BCUT2D eigenvalue weighted by Crippen LogP contribution is -2.48. The molecule has 132 valence electrons. The molecule has 1 aliphatic heterocycles. The van der Waals surface area contributed by atoms with Crippen LogP contribution < -0.4 is 4.90 Å². The molecular weight excluding hydrogens is 333 g/mol. The summed E-state index contributed by atoms with van der Waals surface area (Å²) in [4.78, 5) is 17.6. The maximum atomic E-state index is 12.8. The number of carbonyl (C=O) groups is 1. The molecule has 3 rings (SSSR count). The van der Waals surface area contributed by atoms with Crippen LogP contribution in [-0.4, -0.2) is 31.2 Å². The van der Waals surface area contributed by atoms with Crippen LogP contribution in [-0.2, 0) is 15.7 Å². The highest BCUT2D eigenvalue weighted by molar-refractivity contribution is 5.70. The first-order valence-corrected chi connectivity index (χ1v) is 7.82. The fraction of sp³-hybridized carbons (Fsp3) is 0.333. The molecule has 0 N–H and O–H groups in total. The zero-order valence-corrected chi connectivity index (χ0v) is 13.6. The summed E-state index contributed by atoms with van der Waals surface area (Å²) in [5, 5.41) is 0. The van der Waals surface area contributed by atoms with Crippen LogP contribution >= 0.6 is 0 Å². The number of nitrogens with zero attached hydrogens (tertiary/aromatic N) is 2. The van der Waals surface area contributed by atoms with E-state index in [1.807, 2.05) is 4.90 Å². The summed E-state index contributed by atoms with van der Waals surface area (Å²) in [6, 6.07) is 8.72. The fourth-order valence-corrected chi connectivity index (χ4v) is 2.82. The Morgan fingerprint density at radius 2 is 2.00 bits per heavy atom. The van der Waals surface area contributed by atoms with E-state index in [-0.39, 0.29) is 11.9 Å². The van der Waals surface area contributed by atoms with Crippen LogP contribution in [0.15, 0.2) is 42.6 Å². The third kappa shape index (κ3) is 3.92. The van der Waals surface area contributed by atoms with Gasteiger partial charge in [-0.1, -0.05) is 12.1 Å². The minimum absolute atomic E-state index is 0.225. The van der Waals surface area contributed by atoms with Crippen molar-refractivity contribution in [2.75, 3.05) is 25.1 Å². The van der Waals surface area contributed by atoms with E-state index in [2.05, 4.69) is 9.72 Å². The summed E-state index contributed by atoms with van der Waals surface area (Å²) in [6.45, 7) is 1.43. The van der Waals surface area contributed by atoms with Gasteiger partial charge in [-0.15, -0.1) is 0 Å². The molecule has 1 saturated heterocycles. The molecule has 1 aromatic heterocycles. The predicted octanol–water partition coefficient (Wildman–Crippen LogP) is 3.77. The molecule has 0 unspecified atom stereocenters. The second-order valence-corrected chi connectivity index (χ2v) is 6.03. The smallest absolute Gasteiger partial charge is 0.416 e. The van der Waals surface area contributed by atoms with Gasteiger partial charge in [0.2, 0.25) is 0 Å². The van der Waals surface area contributed by atoms with Crippen molar-refractivity contribution in [1.29, 1.82) is 0 Å². The molecule has 1 fully saturated rings. The van der Waals surface area contributed by atoms with Gasteiger partial charge in [0.1, 0.15) is 5.82 Å². The summed E-state index contributed by atoms with van der Waals surface area (Å²) >= 11 is 0. The third-order valence-corrected chi connectivity index (χ3v) is 4.24. The number of carbonyl (C=O) groups excluding carboxylic acids is 1. The van der Waals surface area contributed by atoms with Crippen molar-refractivity contribution >= 4 is 11.8 Å². The van der Waals surface area contributed by atoms with Crippen LogP contribution in [0.25, 0.3) is 11.1 Å². The Morgan fingerprint density at radius 3 is 2.60 bits per heavy atom. The van der Waals surface area contributed by atoms with Gasteiger partial charge in [0.15, 0.2) is 0 Å². The number of alkyl halides is 3. The van der Waals surface area contributed by atoms with Gasteiger partial charge in [-0.05, 0) is 29.8 Å². The summed E-state index contributed by atoms with van der Waals surface area (Å²) in [7, 11) is 1.37. The molecule has 0 aliphatic carbocycles. The average Bonchev–Trinajstić information content (AvgIpc) is 2.57. The van der Waals surface area contributed by atoms with Gasteiger partial charge in [-0.2, -0.15) is 13.2 Å². The summed E-state index contributed by atoms with van der Waals surface area (Å²) in [5.74, 6) is 0.770. The Kier molecular flexibility index (Phi) is 4.65. The Hall–Kier alpha value is -2.57. The molecule has 1 aromatic carbocycles. The van der Waals surface area contributed by atoms with Crippen LogP contribution in [0.2, 0.25) is 0 Å². The Bertz CT molecular complexity index is 754. The Labute approximate surface area is 143 Å². The highest BCUT2D eigenvalue weighted by Gasteiger charge is 2.31. The van der Waals surface area contributed by atoms with Gasteiger partial charge >= 0.3 is 12.1 Å². The van der Waals surface area contributed by atoms with E-state index in [9.17, 15) is 18.0 Å². The minimum atomic E-state index is -4.37. The van der Waals surface area contributed by atoms with Gasteiger partial charge in [-0.3, -0.25) is 4.79 Å². The summed E-state index contributed by atoms with van der Waals surface area (Å²) in [5.41, 5.74) is 0.421. The summed E-state index contributed by atoms with van der Waals surface area (Å²) in [6.07, 6.45) is -2.41. The van der Waals surface area contributed by atoms with Crippen molar-refractivity contribution in [3.8, 4) is 11.1 Å². The van der Waals surface area contributed by atoms with Crippen LogP contribution in [0.3, 0.4) is 0 Å². The second-order valence-electron chi connectivity index (χ2n) is 6.03. The number of rotatable bonds is 4. The first kappa shape index (κ1) is 17.3. The zero-order chi connectivity index (χ0) is 18.0. The van der Waals surface area contributed by atoms with Crippen molar-refractivity contribution < 1.29 is 22.7 Å². The fourth-order valence-electron chi connectivity index (χ4n) is 2.82. The molecule has 2 heterocycles. The van der Waals surface area contributed by atoms with Crippen molar-refractivity contribution in [2.45, 2.75) is 12.6 Å². The number of aromatic nitrogens is 1. The highest BCUT2D eigenvalue weighted by Crippen LogP contribution is 2.32. The van der Waals surface area contributed by atoms with Crippen molar-refractivity contribution in [2.24, 2.45) is 5.92 Å². The summed E-state index contributed by atoms with van der Waals surface area (Å²) < 4.78 is 43.1. The molecular formula is C18H17F3N2O2. The van der Waals surface area contributed by atoms with Crippen molar-refractivity contribution in [3.63, 3.8) is 0 Å². The monoisotopic (exact) mass is 350 g/mol. The van der Waals surface area contributed by atoms with E-state index in [0.29, 0.717) is 30.6 Å². The maximum Gasteiger partial charge on any atom is 0.416 e. The molecule has 0 atom stereocenters. The van der Waals surface area contributed by atoms with Crippen molar-refractivity contribution in [3.05, 3.63) is 48.2 Å². The topological polar surface area (TPSA) is 42.4 Å². The molecule has 0 spiro atoms. The van der Waals surface area contributed by atoms with E-state index in [0.717, 1.165) is 18.0 Å². The molecule has 0 radical (unpaired) electrons. The van der Waals surface area contributed by atoms with Crippen LogP contribution in [0, 0.1) is 5.92 Å². The third-order valence-electron chi connectivity index (χ3n) is 4.24. The largest absolute Gasteiger partial charge is 0.469 e. The van der Waals surface area contributed by atoms with E-state index < -0.39 is 11.7 Å². The molecule has 4 nitrogen and oxygen atoms in total. The number of hydrogen-bond acceptors (Lipinski definition) is 4. The van der Waals surface area contributed by atoms with E-state index in [1.165, 1.54) is 13.2 Å². The standard InChI is InChI=1S/C18H17F3N2O2/c1-25-17(24)7-12-10-23(11-12)16-6-5-14(9-22-16)13-3-2-4-15(8-13)18(19,20)21/h2-6,8-9,12H,7,10-11H2,1H3. The van der Waals surface area contributed by atoms with Crippen LogP contribution in [0.5, 0.6) is 0 Å². The maximum absolute atomic E-state index is 12.8. The van der Waals surface area contributed by atoms with Crippen LogP contribution in [0.4, 0.5) is 19.0 Å². The van der Waals surface area contributed by atoms with Gasteiger partial charge in [0.25, 0.3) is 0 Å². The second kappa shape index (κ2) is 6.74. The molecule has 0 bridgehead atoms. The van der Waals surface area contributed by atoms with Gasteiger partial charge in [0.05, 0.1) is 19.1 Å². The lowest BCUT2D eigenvalue weighted by Gasteiger charge is -2.39. The Balaban J connectivity index is 1.67. The lowest BCUT2D eigenvalue weighted by atomic mass is 9.96. The number of ether oxygens (including phenoxy) is 1. The average molecular weight is 350 g/mol. The Morgan fingerprint density at radius 1 is 1.24 bits per heavy atom. The quantitative estimate of drug-likeness (QED) is 0.788. The number of hydrogen-bond donors (Lipinski definition) is 0. The first-order valence-electron chi connectivity index (χ1n) is 7.82. The molecule has 0 saturated carbocycles. The number of esters is 1. The van der Waals surface area contributed by atoms with Gasteiger partial charge in [-0.25, -0.2) is 4.98 Å². The lowest BCUT2D eigenvalue weighted by molar-refractivity contribution is -0.142. The number of benzene rings is 1. The zero-order valence-electron chi connectivity index (χ0n) is 13.6. The molecule has 0 amide bonds. The number of pyridine rings is 1.